The van der Waals surface area contributed by atoms with Crippen LogP contribution in [0.25, 0.3) is 10.9 Å². The van der Waals surface area contributed by atoms with Crippen molar-refractivity contribution < 1.29 is 4.74 Å². The van der Waals surface area contributed by atoms with Crippen LogP contribution in [-0.4, -0.2) is 4.98 Å². The third-order valence-electron chi connectivity index (χ3n) is 3.08. The maximum absolute atomic E-state index is 5.88. The number of nitrogens with zero attached hydrogens (tertiary/aromatic N) is 1. The van der Waals surface area contributed by atoms with Crippen LogP contribution in [0.4, 0.5) is 0 Å². The first-order valence-corrected chi connectivity index (χ1v) is 6.66. The van der Waals surface area contributed by atoms with Gasteiger partial charge in [-0.3, -0.25) is 4.98 Å². The molecule has 100 valence electrons. The van der Waals surface area contributed by atoms with E-state index in [1.807, 2.05) is 36.4 Å². The van der Waals surface area contributed by atoms with Crippen LogP contribution in [0.3, 0.4) is 0 Å². The topological polar surface area (TPSA) is 48.1 Å². The van der Waals surface area contributed by atoms with E-state index in [1.165, 1.54) is 0 Å². The molecule has 3 nitrogen and oxygen atoms in total. The lowest BCUT2D eigenvalue weighted by atomic mass is 10.1. The van der Waals surface area contributed by atoms with E-state index in [1.54, 1.807) is 18.3 Å². The zero-order valence-corrected chi connectivity index (χ0v) is 11.5. The molecule has 0 unspecified atom stereocenters. The third kappa shape index (κ3) is 2.46. The number of benzene rings is 2. The minimum Gasteiger partial charge on any atom is -0.455 e. The second-order valence-corrected chi connectivity index (χ2v) is 4.82. The van der Waals surface area contributed by atoms with Crippen LogP contribution in [-0.2, 0) is 6.54 Å². The lowest BCUT2D eigenvalue weighted by Crippen LogP contribution is -1.98. The van der Waals surface area contributed by atoms with Crippen molar-refractivity contribution in [2.24, 2.45) is 5.73 Å². The van der Waals surface area contributed by atoms with Crippen molar-refractivity contribution in [3.8, 4) is 11.5 Å². The fraction of sp³-hybridized carbons (Fsp3) is 0.0625. The van der Waals surface area contributed by atoms with Gasteiger partial charge in [0.1, 0.15) is 11.3 Å². The highest BCUT2D eigenvalue weighted by Crippen LogP contribution is 2.30. The van der Waals surface area contributed by atoms with E-state index < -0.39 is 0 Å². The molecule has 0 spiro atoms. The van der Waals surface area contributed by atoms with Gasteiger partial charge in [0.25, 0.3) is 0 Å². The van der Waals surface area contributed by atoms with Gasteiger partial charge < -0.3 is 10.5 Å². The van der Waals surface area contributed by atoms with Crippen molar-refractivity contribution in [2.75, 3.05) is 0 Å². The SMILES string of the molecule is NCc1ccc(Oc2ccc(Cl)cc2)c2ncccc12. The minimum atomic E-state index is 0.476. The molecule has 0 fully saturated rings. The standard InChI is InChI=1S/C16H13ClN2O/c17-12-4-6-13(7-5-12)20-15-8-3-11(10-18)14-2-1-9-19-16(14)15/h1-9H,10,18H2. The summed E-state index contributed by atoms with van der Waals surface area (Å²) in [5.74, 6) is 1.43. The molecule has 2 aromatic carbocycles. The van der Waals surface area contributed by atoms with Crippen molar-refractivity contribution in [2.45, 2.75) is 6.54 Å². The summed E-state index contributed by atoms with van der Waals surface area (Å²) in [5.41, 5.74) is 7.61. The molecule has 1 heterocycles. The lowest BCUT2D eigenvalue weighted by Gasteiger charge is -2.10. The number of aromatic nitrogens is 1. The molecule has 0 saturated heterocycles. The molecular formula is C16H13ClN2O. The molecule has 3 aromatic rings. The zero-order valence-electron chi connectivity index (χ0n) is 10.7. The van der Waals surface area contributed by atoms with E-state index in [2.05, 4.69) is 4.98 Å². The Bertz CT molecular complexity index is 741. The monoisotopic (exact) mass is 284 g/mol. The van der Waals surface area contributed by atoms with Gasteiger partial charge in [-0.1, -0.05) is 23.7 Å². The summed E-state index contributed by atoms with van der Waals surface area (Å²) in [7, 11) is 0. The highest BCUT2D eigenvalue weighted by atomic mass is 35.5. The van der Waals surface area contributed by atoms with E-state index in [0.29, 0.717) is 17.3 Å². The van der Waals surface area contributed by atoms with E-state index >= 15 is 0 Å². The normalized spacial score (nSPS) is 10.7. The van der Waals surface area contributed by atoms with Crippen LogP contribution in [0.1, 0.15) is 5.56 Å². The van der Waals surface area contributed by atoms with Gasteiger partial charge in [-0.25, -0.2) is 0 Å². The number of nitrogens with two attached hydrogens (primary N) is 1. The Labute approximate surface area is 122 Å². The molecule has 0 aliphatic rings. The number of rotatable bonds is 3. The van der Waals surface area contributed by atoms with Crippen LogP contribution >= 0.6 is 11.6 Å². The molecule has 20 heavy (non-hydrogen) atoms. The predicted molar refractivity (Wildman–Crippen MR) is 81.2 cm³/mol. The third-order valence-corrected chi connectivity index (χ3v) is 3.34. The predicted octanol–water partition coefficient (Wildman–Crippen LogP) is 4.14. The van der Waals surface area contributed by atoms with Crippen LogP contribution in [0, 0.1) is 0 Å². The van der Waals surface area contributed by atoms with E-state index in [-0.39, 0.29) is 0 Å². The Kier molecular flexibility index (Phi) is 3.54. The van der Waals surface area contributed by atoms with E-state index in [4.69, 9.17) is 22.1 Å². The summed E-state index contributed by atoms with van der Waals surface area (Å²) in [6.07, 6.45) is 1.75. The van der Waals surface area contributed by atoms with E-state index in [0.717, 1.165) is 22.2 Å². The van der Waals surface area contributed by atoms with Crippen molar-refractivity contribution in [1.82, 2.24) is 4.98 Å². The number of fused-ring (bicyclic) bond motifs is 1. The molecule has 1 aromatic heterocycles. The average molecular weight is 285 g/mol. The van der Waals surface area contributed by atoms with Gasteiger partial charge in [0, 0.05) is 23.2 Å². The summed E-state index contributed by atoms with van der Waals surface area (Å²) < 4.78 is 5.88. The molecule has 0 aliphatic heterocycles. The van der Waals surface area contributed by atoms with Crippen molar-refractivity contribution in [3.63, 3.8) is 0 Å². The summed E-state index contributed by atoms with van der Waals surface area (Å²) in [6.45, 7) is 0.476. The van der Waals surface area contributed by atoms with Crippen LogP contribution in [0.2, 0.25) is 5.02 Å². The van der Waals surface area contributed by atoms with Gasteiger partial charge in [-0.15, -0.1) is 0 Å². The lowest BCUT2D eigenvalue weighted by molar-refractivity contribution is 0.487. The molecule has 0 aliphatic carbocycles. The molecule has 0 amide bonds. The second kappa shape index (κ2) is 5.49. The number of hydrogen-bond acceptors (Lipinski definition) is 3. The van der Waals surface area contributed by atoms with Crippen LogP contribution < -0.4 is 10.5 Å². The summed E-state index contributed by atoms with van der Waals surface area (Å²) >= 11 is 5.87. The fourth-order valence-electron chi connectivity index (χ4n) is 2.10. The molecule has 0 radical (unpaired) electrons. The van der Waals surface area contributed by atoms with Crippen molar-refractivity contribution in [3.05, 3.63) is 65.3 Å². The first-order valence-electron chi connectivity index (χ1n) is 6.28. The first kappa shape index (κ1) is 12.9. The fourth-order valence-corrected chi connectivity index (χ4v) is 2.22. The second-order valence-electron chi connectivity index (χ2n) is 4.38. The van der Waals surface area contributed by atoms with Crippen LogP contribution in [0.5, 0.6) is 11.5 Å². The maximum Gasteiger partial charge on any atom is 0.153 e. The Morgan fingerprint density at radius 1 is 1.05 bits per heavy atom. The Hall–Kier alpha value is -2.10. The quantitative estimate of drug-likeness (QED) is 0.786. The maximum atomic E-state index is 5.88. The van der Waals surface area contributed by atoms with Gasteiger partial charge in [-0.2, -0.15) is 0 Å². The first-order chi connectivity index (χ1) is 9.78. The molecular weight excluding hydrogens is 272 g/mol. The highest BCUT2D eigenvalue weighted by molar-refractivity contribution is 6.30. The molecule has 0 bridgehead atoms. The molecule has 0 atom stereocenters. The van der Waals surface area contributed by atoms with Crippen LogP contribution in [0.15, 0.2) is 54.7 Å². The molecule has 0 saturated carbocycles. The largest absolute Gasteiger partial charge is 0.455 e. The Balaban J connectivity index is 2.06. The Morgan fingerprint density at radius 3 is 2.60 bits per heavy atom. The van der Waals surface area contributed by atoms with Gasteiger partial charge in [-0.05, 0) is 42.0 Å². The number of halogens is 1. The van der Waals surface area contributed by atoms with Gasteiger partial charge in [0.2, 0.25) is 0 Å². The number of pyridine rings is 1. The van der Waals surface area contributed by atoms with E-state index in [9.17, 15) is 0 Å². The highest BCUT2D eigenvalue weighted by Gasteiger charge is 2.08. The zero-order chi connectivity index (χ0) is 13.9. The molecule has 4 heteroatoms. The smallest absolute Gasteiger partial charge is 0.153 e. The van der Waals surface area contributed by atoms with Gasteiger partial charge in [0.05, 0.1) is 0 Å². The average Bonchev–Trinajstić information content (AvgIpc) is 2.50. The van der Waals surface area contributed by atoms with Gasteiger partial charge >= 0.3 is 0 Å². The Morgan fingerprint density at radius 2 is 1.85 bits per heavy atom. The van der Waals surface area contributed by atoms with Crippen molar-refractivity contribution in [1.29, 1.82) is 0 Å². The summed E-state index contributed by atoms with van der Waals surface area (Å²) in [5, 5.41) is 1.69. The molecule has 2 N–H and O–H groups in total. The summed E-state index contributed by atoms with van der Waals surface area (Å²) in [6, 6.07) is 15.0. The number of hydrogen-bond donors (Lipinski definition) is 1. The molecule has 3 rings (SSSR count). The van der Waals surface area contributed by atoms with Crippen molar-refractivity contribution >= 4 is 22.5 Å². The summed E-state index contributed by atoms with van der Waals surface area (Å²) in [4.78, 5) is 4.40. The minimum absolute atomic E-state index is 0.476. The number of ether oxygens (including phenoxy) is 1. The van der Waals surface area contributed by atoms with Gasteiger partial charge in [0.15, 0.2) is 5.75 Å².